The van der Waals surface area contributed by atoms with Crippen LogP contribution in [0, 0.1) is 0 Å². The number of rotatable bonds is 5. The monoisotopic (exact) mass is 360 g/mol. The number of nitrogens with one attached hydrogen (secondary N) is 3. The Bertz CT molecular complexity index is 906. The van der Waals surface area contributed by atoms with Gasteiger partial charge in [-0.05, 0) is 61.2 Å². The van der Waals surface area contributed by atoms with Crippen molar-refractivity contribution in [3.8, 4) is 22.6 Å². The van der Waals surface area contributed by atoms with Crippen LogP contribution in [0.25, 0.3) is 22.6 Å². The highest BCUT2D eigenvalue weighted by Gasteiger charge is 2.21. The highest BCUT2D eigenvalue weighted by atomic mass is 16.2. The molecule has 1 atom stereocenters. The number of aromatic amines is 1. The fraction of sp³-hybridized carbons (Fsp3) is 0.273. The maximum absolute atomic E-state index is 12.2. The maximum Gasteiger partial charge on any atom is 0.241 e. The van der Waals surface area contributed by atoms with Gasteiger partial charge in [0.15, 0.2) is 0 Å². The third kappa shape index (κ3) is 3.93. The van der Waals surface area contributed by atoms with Crippen LogP contribution in [-0.4, -0.2) is 28.5 Å². The number of imidazole rings is 1. The molecule has 3 aromatic rings. The Kier molecular flexibility index (Phi) is 5.03. The van der Waals surface area contributed by atoms with E-state index < -0.39 is 0 Å². The van der Waals surface area contributed by atoms with E-state index in [1.165, 1.54) is 5.56 Å². The lowest BCUT2D eigenvalue weighted by Gasteiger charge is -2.11. The Hall–Kier alpha value is -2.92. The number of aryl methyl sites for hydroxylation is 1. The van der Waals surface area contributed by atoms with Gasteiger partial charge >= 0.3 is 0 Å². The van der Waals surface area contributed by atoms with Gasteiger partial charge in [0.2, 0.25) is 5.91 Å². The van der Waals surface area contributed by atoms with Gasteiger partial charge in [-0.3, -0.25) is 4.79 Å². The molecule has 1 aliphatic rings. The van der Waals surface area contributed by atoms with Crippen molar-refractivity contribution < 1.29 is 4.79 Å². The van der Waals surface area contributed by atoms with Crippen molar-refractivity contribution in [2.24, 2.45) is 0 Å². The third-order valence-electron chi connectivity index (χ3n) is 5.05. The lowest BCUT2D eigenvalue weighted by molar-refractivity contribution is -0.117. The molecule has 138 valence electrons. The Balaban J connectivity index is 1.45. The van der Waals surface area contributed by atoms with E-state index in [0.717, 1.165) is 54.1 Å². The fourth-order valence-corrected chi connectivity index (χ4v) is 3.38. The minimum Gasteiger partial charge on any atom is -0.338 e. The number of hydrogen-bond donors (Lipinski definition) is 3. The molecule has 5 heteroatoms. The molecule has 27 heavy (non-hydrogen) atoms. The van der Waals surface area contributed by atoms with Crippen LogP contribution in [0.2, 0.25) is 0 Å². The SMILES string of the molecule is CCc1ccc(-c2cnc(-c3ccc(NC(=O)C4CCCN4)cc3)[nH]2)cc1. The second-order valence-corrected chi connectivity index (χ2v) is 6.91. The Labute approximate surface area is 159 Å². The second-order valence-electron chi connectivity index (χ2n) is 6.91. The zero-order valence-corrected chi connectivity index (χ0v) is 15.5. The number of carbonyl (C=O) groups is 1. The van der Waals surface area contributed by atoms with E-state index >= 15 is 0 Å². The number of aromatic nitrogens is 2. The molecule has 1 aromatic heterocycles. The Morgan fingerprint density at radius 1 is 1.11 bits per heavy atom. The molecule has 4 rings (SSSR count). The summed E-state index contributed by atoms with van der Waals surface area (Å²) >= 11 is 0. The average molecular weight is 360 g/mol. The number of amides is 1. The Morgan fingerprint density at radius 2 is 1.85 bits per heavy atom. The predicted octanol–water partition coefficient (Wildman–Crippen LogP) is 4.00. The molecule has 3 N–H and O–H groups in total. The van der Waals surface area contributed by atoms with Gasteiger partial charge in [-0.1, -0.05) is 31.2 Å². The van der Waals surface area contributed by atoms with E-state index in [0.29, 0.717) is 0 Å². The van der Waals surface area contributed by atoms with Crippen molar-refractivity contribution in [3.63, 3.8) is 0 Å². The maximum atomic E-state index is 12.2. The molecular weight excluding hydrogens is 336 g/mol. The molecule has 1 amide bonds. The molecule has 0 aliphatic carbocycles. The fourth-order valence-electron chi connectivity index (χ4n) is 3.38. The third-order valence-corrected chi connectivity index (χ3v) is 5.05. The molecule has 0 radical (unpaired) electrons. The van der Waals surface area contributed by atoms with Crippen molar-refractivity contribution in [1.82, 2.24) is 15.3 Å². The normalized spacial score (nSPS) is 16.4. The summed E-state index contributed by atoms with van der Waals surface area (Å²) in [6.45, 7) is 3.07. The molecule has 2 heterocycles. The van der Waals surface area contributed by atoms with E-state index in [-0.39, 0.29) is 11.9 Å². The zero-order chi connectivity index (χ0) is 18.6. The topological polar surface area (TPSA) is 69.8 Å². The molecule has 0 bridgehead atoms. The summed E-state index contributed by atoms with van der Waals surface area (Å²) in [7, 11) is 0. The molecule has 1 fully saturated rings. The minimum absolute atomic E-state index is 0.0380. The van der Waals surface area contributed by atoms with Crippen LogP contribution in [-0.2, 0) is 11.2 Å². The number of benzene rings is 2. The van der Waals surface area contributed by atoms with Crippen molar-refractivity contribution >= 4 is 11.6 Å². The number of nitrogens with zero attached hydrogens (tertiary/aromatic N) is 1. The molecule has 1 saturated heterocycles. The number of carbonyl (C=O) groups excluding carboxylic acids is 1. The van der Waals surface area contributed by atoms with Gasteiger partial charge < -0.3 is 15.6 Å². The van der Waals surface area contributed by atoms with E-state index in [1.807, 2.05) is 30.5 Å². The van der Waals surface area contributed by atoms with Crippen LogP contribution >= 0.6 is 0 Å². The van der Waals surface area contributed by atoms with Gasteiger partial charge in [-0.15, -0.1) is 0 Å². The molecule has 1 unspecified atom stereocenters. The number of anilines is 1. The van der Waals surface area contributed by atoms with E-state index in [2.05, 4.69) is 51.8 Å². The summed E-state index contributed by atoms with van der Waals surface area (Å²) < 4.78 is 0. The molecule has 1 aliphatic heterocycles. The summed E-state index contributed by atoms with van der Waals surface area (Å²) in [6.07, 6.45) is 4.85. The average Bonchev–Trinajstić information content (AvgIpc) is 3.41. The highest BCUT2D eigenvalue weighted by Crippen LogP contribution is 2.24. The quantitative estimate of drug-likeness (QED) is 0.644. The molecular formula is C22H24N4O. The van der Waals surface area contributed by atoms with Crippen LogP contribution in [0.3, 0.4) is 0 Å². The van der Waals surface area contributed by atoms with E-state index in [9.17, 15) is 4.79 Å². The highest BCUT2D eigenvalue weighted by molar-refractivity contribution is 5.95. The molecule has 0 saturated carbocycles. The summed E-state index contributed by atoms with van der Waals surface area (Å²) in [6, 6.07) is 16.2. The second kappa shape index (κ2) is 7.76. The molecule has 5 nitrogen and oxygen atoms in total. The number of hydrogen-bond acceptors (Lipinski definition) is 3. The lowest BCUT2D eigenvalue weighted by atomic mass is 10.1. The van der Waals surface area contributed by atoms with Crippen molar-refractivity contribution in [2.75, 3.05) is 11.9 Å². The first-order valence-electron chi connectivity index (χ1n) is 9.52. The number of H-pyrrole nitrogens is 1. The van der Waals surface area contributed by atoms with E-state index in [4.69, 9.17) is 0 Å². The van der Waals surface area contributed by atoms with Crippen LogP contribution in [0.5, 0.6) is 0 Å². The van der Waals surface area contributed by atoms with Gasteiger partial charge in [0.05, 0.1) is 17.9 Å². The largest absolute Gasteiger partial charge is 0.338 e. The van der Waals surface area contributed by atoms with Gasteiger partial charge in [0.25, 0.3) is 0 Å². The van der Waals surface area contributed by atoms with Crippen LogP contribution in [0.1, 0.15) is 25.3 Å². The predicted molar refractivity (Wildman–Crippen MR) is 108 cm³/mol. The van der Waals surface area contributed by atoms with Gasteiger partial charge in [0.1, 0.15) is 5.82 Å². The van der Waals surface area contributed by atoms with E-state index in [1.54, 1.807) is 0 Å². The van der Waals surface area contributed by atoms with Crippen molar-refractivity contribution in [2.45, 2.75) is 32.2 Å². The standard InChI is InChI=1S/C22H24N4O/c1-2-15-5-7-16(8-6-15)20-14-24-21(26-20)17-9-11-18(12-10-17)25-22(27)19-4-3-13-23-19/h5-12,14,19,23H,2-4,13H2,1H3,(H,24,26)(H,25,27). The summed E-state index contributed by atoms with van der Waals surface area (Å²) in [5.41, 5.74) is 5.24. The minimum atomic E-state index is -0.0728. The summed E-state index contributed by atoms with van der Waals surface area (Å²) in [5, 5.41) is 6.18. The van der Waals surface area contributed by atoms with Crippen LogP contribution in [0.4, 0.5) is 5.69 Å². The lowest BCUT2D eigenvalue weighted by Crippen LogP contribution is -2.35. The first-order valence-corrected chi connectivity index (χ1v) is 9.52. The summed E-state index contributed by atoms with van der Waals surface area (Å²) in [4.78, 5) is 20.1. The molecule has 0 spiro atoms. The smallest absolute Gasteiger partial charge is 0.241 e. The first kappa shape index (κ1) is 17.5. The van der Waals surface area contributed by atoms with Gasteiger partial charge in [0, 0.05) is 11.3 Å². The Morgan fingerprint density at radius 3 is 2.52 bits per heavy atom. The van der Waals surface area contributed by atoms with Gasteiger partial charge in [-0.25, -0.2) is 4.98 Å². The van der Waals surface area contributed by atoms with Crippen molar-refractivity contribution in [3.05, 3.63) is 60.3 Å². The van der Waals surface area contributed by atoms with Crippen molar-refractivity contribution in [1.29, 1.82) is 0 Å². The zero-order valence-electron chi connectivity index (χ0n) is 15.5. The summed E-state index contributed by atoms with van der Waals surface area (Å²) in [5.74, 6) is 0.857. The molecule has 2 aromatic carbocycles. The van der Waals surface area contributed by atoms with Gasteiger partial charge in [-0.2, -0.15) is 0 Å². The van der Waals surface area contributed by atoms with Crippen LogP contribution < -0.4 is 10.6 Å². The van der Waals surface area contributed by atoms with Crippen LogP contribution in [0.15, 0.2) is 54.7 Å². The first-order chi connectivity index (χ1) is 13.2.